The first kappa shape index (κ1) is 23.5. The van der Waals surface area contributed by atoms with Crippen molar-refractivity contribution in [3.8, 4) is 5.75 Å². The molecule has 6 nitrogen and oxygen atoms in total. The van der Waals surface area contributed by atoms with Gasteiger partial charge < -0.3 is 10.1 Å². The molecule has 2 aromatic carbocycles. The summed E-state index contributed by atoms with van der Waals surface area (Å²) in [5, 5.41) is 2.53. The number of sulfonamides is 1. The summed E-state index contributed by atoms with van der Waals surface area (Å²) in [6, 6.07) is 9.05. The summed E-state index contributed by atoms with van der Waals surface area (Å²) in [5.74, 6) is -4.82. The van der Waals surface area contributed by atoms with Gasteiger partial charge in [-0.1, -0.05) is 19.9 Å². The van der Waals surface area contributed by atoms with Crippen molar-refractivity contribution in [2.75, 3.05) is 17.6 Å². The average molecular weight is 444 g/mol. The number of anilines is 1. The van der Waals surface area contributed by atoms with E-state index in [1.807, 2.05) is 4.72 Å². The summed E-state index contributed by atoms with van der Waals surface area (Å²) in [4.78, 5) is 11.9. The summed E-state index contributed by atoms with van der Waals surface area (Å²) in [7, 11) is -3.61. The van der Waals surface area contributed by atoms with Gasteiger partial charge in [-0.15, -0.1) is 0 Å². The zero-order valence-corrected chi connectivity index (χ0v) is 17.5. The second-order valence-corrected chi connectivity index (χ2v) is 8.80. The van der Waals surface area contributed by atoms with Gasteiger partial charge in [0.15, 0.2) is 6.61 Å². The Labute approximate surface area is 173 Å². The second-order valence-electron chi connectivity index (χ2n) is 7.06. The number of carbonyl (C=O) groups excluding carboxylic acids is 1. The maximum Gasteiger partial charge on any atom is 0.275 e. The van der Waals surface area contributed by atoms with E-state index >= 15 is 0 Å². The van der Waals surface area contributed by atoms with Gasteiger partial charge in [0.05, 0.1) is 11.9 Å². The van der Waals surface area contributed by atoms with E-state index in [1.54, 1.807) is 0 Å². The van der Waals surface area contributed by atoms with Crippen molar-refractivity contribution >= 4 is 21.6 Å². The monoisotopic (exact) mass is 444 g/mol. The smallest absolute Gasteiger partial charge is 0.275 e. The van der Waals surface area contributed by atoms with Gasteiger partial charge in [0.1, 0.15) is 11.6 Å². The highest BCUT2D eigenvalue weighted by atomic mass is 32.2. The van der Waals surface area contributed by atoms with E-state index in [-0.39, 0.29) is 30.2 Å². The van der Waals surface area contributed by atoms with Crippen molar-refractivity contribution in [3.63, 3.8) is 0 Å². The van der Waals surface area contributed by atoms with Crippen LogP contribution in [0.4, 0.5) is 18.9 Å². The van der Waals surface area contributed by atoms with Crippen LogP contribution in [0.1, 0.15) is 25.0 Å². The Hall–Kier alpha value is -2.75. The third-order valence-electron chi connectivity index (χ3n) is 4.15. The number of carbonyl (C=O) groups is 1. The molecule has 1 amide bonds. The van der Waals surface area contributed by atoms with E-state index < -0.39 is 33.6 Å². The van der Waals surface area contributed by atoms with Crippen LogP contribution in [-0.2, 0) is 27.3 Å². The van der Waals surface area contributed by atoms with Crippen LogP contribution in [0, 0.1) is 11.7 Å². The quantitative estimate of drug-likeness (QED) is 0.619. The largest absolute Gasteiger partial charge is 0.484 e. The molecule has 0 heterocycles. The molecule has 0 aromatic heterocycles. The Morgan fingerprint density at radius 3 is 2.30 bits per heavy atom. The van der Waals surface area contributed by atoms with Crippen LogP contribution in [0.2, 0.25) is 0 Å². The lowest BCUT2D eigenvalue weighted by Crippen LogP contribution is -2.28. The lowest BCUT2D eigenvalue weighted by molar-refractivity contribution is -0.123. The molecular formula is C20H23F3N2O4S. The molecular weight excluding hydrogens is 421 g/mol. The minimum absolute atomic E-state index is 0.00217. The van der Waals surface area contributed by atoms with E-state index in [0.717, 1.165) is 12.3 Å². The summed E-state index contributed by atoms with van der Waals surface area (Å²) < 4.78 is 71.5. The van der Waals surface area contributed by atoms with Gasteiger partial charge in [0.25, 0.3) is 11.8 Å². The molecule has 0 saturated carbocycles. The van der Waals surface area contributed by atoms with E-state index in [1.165, 1.54) is 50.2 Å². The normalized spacial score (nSPS) is 12.0. The van der Waals surface area contributed by atoms with Crippen molar-refractivity contribution in [2.45, 2.75) is 26.3 Å². The first-order valence-electron chi connectivity index (χ1n) is 9.02. The molecule has 2 aromatic rings. The molecule has 0 aliphatic carbocycles. The van der Waals surface area contributed by atoms with Gasteiger partial charge in [-0.2, -0.15) is 0 Å². The predicted molar refractivity (Wildman–Crippen MR) is 107 cm³/mol. The highest BCUT2D eigenvalue weighted by Gasteiger charge is 2.35. The molecule has 0 aliphatic rings. The van der Waals surface area contributed by atoms with Crippen molar-refractivity contribution < 1.29 is 31.1 Å². The van der Waals surface area contributed by atoms with Crippen LogP contribution in [-0.4, -0.2) is 27.2 Å². The van der Waals surface area contributed by atoms with Crippen LogP contribution in [0.5, 0.6) is 5.75 Å². The number of nitrogens with one attached hydrogen (secondary N) is 2. The minimum atomic E-state index is -3.61. The van der Waals surface area contributed by atoms with Gasteiger partial charge in [-0.05, 0) is 42.0 Å². The topological polar surface area (TPSA) is 84.5 Å². The SMILES string of the molecule is CC(C)C(F)(F)c1ccc(OCC(=O)NCc2ccc(NS(C)(=O)=O)c(F)c2)cc1. The summed E-state index contributed by atoms with van der Waals surface area (Å²) in [6.45, 7) is 2.50. The van der Waals surface area contributed by atoms with Crippen LogP contribution in [0.25, 0.3) is 0 Å². The molecule has 2 N–H and O–H groups in total. The van der Waals surface area contributed by atoms with E-state index in [4.69, 9.17) is 4.74 Å². The van der Waals surface area contributed by atoms with E-state index in [9.17, 15) is 26.4 Å². The Bertz CT molecular complexity index is 994. The van der Waals surface area contributed by atoms with Crippen LogP contribution >= 0.6 is 0 Å². The summed E-state index contributed by atoms with van der Waals surface area (Å²) in [5.41, 5.74) is 0.0905. The minimum Gasteiger partial charge on any atom is -0.484 e. The number of amides is 1. The fraction of sp³-hybridized carbons (Fsp3) is 0.350. The number of ether oxygens (including phenoxy) is 1. The van der Waals surface area contributed by atoms with E-state index in [0.29, 0.717) is 5.56 Å². The molecule has 0 unspecified atom stereocenters. The zero-order chi connectivity index (χ0) is 22.5. The van der Waals surface area contributed by atoms with Crippen molar-refractivity contribution in [2.24, 2.45) is 5.92 Å². The number of hydrogen-bond donors (Lipinski definition) is 2. The highest BCUT2D eigenvalue weighted by molar-refractivity contribution is 7.92. The molecule has 0 radical (unpaired) electrons. The molecule has 30 heavy (non-hydrogen) atoms. The lowest BCUT2D eigenvalue weighted by atomic mass is 9.98. The number of rotatable bonds is 9. The molecule has 0 saturated heterocycles. The fourth-order valence-corrected chi connectivity index (χ4v) is 3.02. The standard InChI is InChI=1S/C20H23F3N2O4S/c1-13(2)20(22,23)15-5-7-16(8-6-15)29-12-19(26)24-11-14-4-9-18(17(21)10-14)25-30(3,27)28/h4-10,13,25H,11-12H2,1-3H3,(H,24,26). The number of hydrogen-bond acceptors (Lipinski definition) is 4. The van der Waals surface area contributed by atoms with Gasteiger partial charge in [-0.3, -0.25) is 9.52 Å². The molecule has 2 rings (SSSR count). The fourth-order valence-electron chi connectivity index (χ4n) is 2.46. The first-order valence-corrected chi connectivity index (χ1v) is 10.9. The highest BCUT2D eigenvalue weighted by Crippen LogP contribution is 2.36. The molecule has 164 valence electrons. The zero-order valence-electron chi connectivity index (χ0n) is 16.7. The maximum atomic E-state index is 14.0. The Kier molecular flexibility index (Phi) is 7.35. The summed E-state index contributed by atoms with van der Waals surface area (Å²) in [6.07, 6.45) is 0.907. The van der Waals surface area contributed by atoms with Gasteiger partial charge >= 0.3 is 0 Å². The Balaban J connectivity index is 1.86. The van der Waals surface area contributed by atoms with Gasteiger partial charge in [0, 0.05) is 18.0 Å². The third kappa shape index (κ3) is 6.65. The number of alkyl halides is 2. The second kappa shape index (κ2) is 9.38. The molecule has 10 heteroatoms. The van der Waals surface area contributed by atoms with E-state index in [2.05, 4.69) is 5.32 Å². The van der Waals surface area contributed by atoms with Gasteiger partial charge in [-0.25, -0.2) is 21.6 Å². The Morgan fingerprint density at radius 1 is 1.13 bits per heavy atom. The van der Waals surface area contributed by atoms with Gasteiger partial charge in [0.2, 0.25) is 10.0 Å². The van der Waals surface area contributed by atoms with Crippen molar-refractivity contribution in [1.29, 1.82) is 0 Å². The Morgan fingerprint density at radius 2 is 1.77 bits per heavy atom. The van der Waals surface area contributed by atoms with Crippen LogP contribution < -0.4 is 14.8 Å². The van der Waals surface area contributed by atoms with Crippen molar-refractivity contribution in [3.05, 3.63) is 59.4 Å². The predicted octanol–water partition coefficient (Wildman–Crippen LogP) is 3.64. The first-order chi connectivity index (χ1) is 13.9. The molecule has 0 atom stereocenters. The third-order valence-corrected chi connectivity index (χ3v) is 4.74. The molecule has 0 bridgehead atoms. The van der Waals surface area contributed by atoms with Crippen molar-refractivity contribution in [1.82, 2.24) is 5.32 Å². The maximum absolute atomic E-state index is 14.0. The number of halogens is 3. The summed E-state index contributed by atoms with van der Waals surface area (Å²) >= 11 is 0. The molecule has 0 aliphatic heterocycles. The molecule has 0 fully saturated rings. The van der Waals surface area contributed by atoms with Crippen LogP contribution in [0.3, 0.4) is 0 Å². The molecule has 0 spiro atoms. The lowest BCUT2D eigenvalue weighted by Gasteiger charge is -2.20. The number of benzene rings is 2. The van der Waals surface area contributed by atoms with Crippen LogP contribution in [0.15, 0.2) is 42.5 Å². The average Bonchev–Trinajstić information content (AvgIpc) is 2.66.